The van der Waals surface area contributed by atoms with E-state index in [0.29, 0.717) is 5.95 Å². The zero-order valence-corrected chi connectivity index (χ0v) is 16.6. The minimum atomic E-state index is 0.593. The number of rotatable bonds is 6. The monoisotopic (exact) mass is 367 g/mol. The van der Waals surface area contributed by atoms with Gasteiger partial charge in [0, 0.05) is 29.9 Å². The van der Waals surface area contributed by atoms with Crippen molar-refractivity contribution in [1.29, 1.82) is 0 Å². The van der Waals surface area contributed by atoms with E-state index < -0.39 is 0 Å². The first-order chi connectivity index (χ1) is 12.5. The number of aromatic nitrogens is 2. The van der Waals surface area contributed by atoms with Crippen LogP contribution in [0.15, 0.2) is 46.7 Å². The van der Waals surface area contributed by atoms with Crippen LogP contribution in [-0.4, -0.2) is 33.9 Å². The van der Waals surface area contributed by atoms with Crippen molar-refractivity contribution >= 4 is 28.4 Å². The van der Waals surface area contributed by atoms with Crippen molar-refractivity contribution in [3.8, 4) is 0 Å². The number of thioether (sulfide) groups is 1. The highest BCUT2D eigenvalue weighted by Crippen LogP contribution is 2.25. The average molecular weight is 368 g/mol. The topological polar surface area (TPSA) is 62.2 Å². The fourth-order valence-corrected chi connectivity index (χ4v) is 3.91. The molecule has 1 aliphatic heterocycles. The van der Waals surface area contributed by atoms with Crippen LogP contribution in [0.4, 0.5) is 11.6 Å². The van der Waals surface area contributed by atoms with Crippen molar-refractivity contribution in [2.45, 2.75) is 27.7 Å². The molecular formula is C20H25N5S. The molecule has 5 nitrogen and oxygen atoms in total. The Morgan fingerprint density at radius 2 is 1.88 bits per heavy atom. The summed E-state index contributed by atoms with van der Waals surface area (Å²) in [7, 11) is 0. The van der Waals surface area contributed by atoms with Crippen molar-refractivity contribution < 1.29 is 0 Å². The lowest BCUT2D eigenvalue weighted by molar-refractivity contribution is 0.770. The Kier molecular flexibility index (Phi) is 6.06. The highest BCUT2D eigenvalue weighted by atomic mass is 32.2. The number of likely N-dealkylation sites (N-methyl/N-ethyl adjacent to an activating group) is 1. The van der Waals surface area contributed by atoms with Crippen LogP contribution in [0.2, 0.25) is 0 Å². The second-order valence-corrected chi connectivity index (χ2v) is 7.41. The van der Waals surface area contributed by atoms with Crippen LogP contribution >= 0.6 is 11.8 Å². The van der Waals surface area contributed by atoms with Crippen LogP contribution in [0.3, 0.4) is 0 Å². The van der Waals surface area contributed by atoms with E-state index >= 15 is 0 Å². The summed E-state index contributed by atoms with van der Waals surface area (Å²) in [5.74, 6) is 1.54. The highest BCUT2D eigenvalue weighted by Gasteiger charge is 2.16. The molecule has 0 unspecified atom stereocenters. The van der Waals surface area contributed by atoms with Crippen LogP contribution in [0.1, 0.15) is 30.7 Å². The average Bonchev–Trinajstić information content (AvgIpc) is 2.60. The molecule has 2 heterocycles. The number of aliphatic imine (C=N–C) groups is 1. The zero-order chi connectivity index (χ0) is 18.5. The normalized spacial score (nSPS) is 14.4. The molecule has 0 saturated heterocycles. The Morgan fingerprint density at radius 1 is 1.12 bits per heavy atom. The molecule has 1 aliphatic rings. The lowest BCUT2D eigenvalue weighted by Crippen LogP contribution is -2.20. The molecule has 0 bridgehead atoms. The quantitative estimate of drug-likeness (QED) is 0.801. The highest BCUT2D eigenvalue weighted by molar-refractivity contribution is 8.14. The van der Waals surface area contributed by atoms with Gasteiger partial charge in [0.15, 0.2) is 0 Å². The SMILES string of the molecule is CCNCC1=C(C)N=C(c2ccnc(Nc3cc(C)cc(C)c3)n2)SC1. The summed E-state index contributed by atoms with van der Waals surface area (Å²) in [5, 5.41) is 7.63. The second-order valence-electron chi connectivity index (χ2n) is 6.44. The lowest BCUT2D eigenvalue weighted by atomic mass is 10.1. The van der Waals surface area contributed by atoms with Gasteiger partial charge >= 0.3 is 0 Å². The molecule has 0 fully saturated rings. The lowest BCUT2D eigenvalue weighted by Gasteiger charge is -2.17. The van der Waals surface area contributed by atoms with E-state index in [4.69, 9.17) is 4.99 Å². The third-order valence-electron chi connectivity index (χ3n) is 4.10. The fourth-order valence-electron chi connectivity index (χ4n) is 2.82. The van der Waals surface area contributed by atoms with E-state index in [1.807, 2.05) is 6.07 Å². The molecule has 1 aromatic carbocycles. The first-order valence-electron chi connectivity index (χ1n) is 8.84. The van der Waals surface area contributed by atoms with Crippen LogP contribution < -0.4 is 10.6 Å². The predicted molar refractivity (Wildman–Crippen MR) is 111 cm³/mol. The molecule has 0 radical (unpaired) electrons. The smallest absolute Gasteiger partial charge is 0.227 e. The van der Waals surface area contributed by atoms with E-state index in [-0.39, 0.29) is 0 Å². The number of allylic oxidation sites excluding steroid dienone is 1. The van der Waals surface area contributed by atoms with Gasteiger partial charge < -0.3 is 10.6 Å². The Balaban J connectivity index is 1.80. The minimum absolute atomic E-state index is 0.593. The van der Waals surface area contributed by atoms with E-state index in [1.54, 1.807) is 18.0 Å². The van der Waals surface area contributed by atoms with Crippen molar-refractivity contribution in [1.82, 2.24) is 15.3 Å². The Bertz CT molecular complexity index is 837. The van der Waals surface area contributed by atoms with Gasteiger partial charge in [-0.1, -0.05) is 24.8 Å². The van der Waals surface area contributed by atoms with E-state index in [2.05, 4.69) is 66.5 Å². The molecule has 0 spiro atoms. The molecule has 0 atom stereocenters. The molecule has 0 aliphatic carbocycles. The van der Waals surface area contributed by atoms with Crippen LogP contribution in [0.5, 0.6) is 0 Å². The summed E-state index contributed by atoms with van der Waals surface area (Å²) in [6, 6.07) is 8.25. The van der Waals surface area contributed by atoms with Gasteiger partial charge in [-0.25, -0.2) is 15.0 Å². The standard InChI is InChI=1S/C20H25N5S/c1-5-21-11-16-12-26-19(23-15(16)4)18-6-7-22-20(25-18)24-17-9-13(2)8-14(3)10-17/h6-10,21H,5,11-12H2,1-4H3,(H,22,24,25). The van der Waals surface area contributed by atoms with Gasteiger partial charge in [-0.15, -0.1) is 0 Å². The second kappa shape index (κ2) is 8.47. The van der Waals surface area contributed by atoms with Crippen LogP contribution in [0.25, 0.3) is 0 Å². The summed E-state index contributed by atoms with van der Waals surface area (Å²) in [4.78, 5) is 13.8. The first kappa shape index (κ1) is 18.6. The third-order valence-corrected chi connectivity index (χ3v) is 5.17. The summed E-state index contributed by atoms with van der Waals surface area (Å²) >= 11 is 1.73. The van der Waals surface area contributed by atoms with Crippen LogP contribution in [0, 0.1) is 13.8 Å². The van der Waals surface area contributed by atoms with E-state index in [0.717, 1.165) is 41.0 Å². The molecule has 136 valence electrons. The zero-order valence-electron chi connectivity index (χ0n) is 15.8. The molecule has 0 amide bonds. The number of benzene rings is 1. The van der Waals surface area contributed by atoms with Gasteiger partial charge in [-0.2, -0.15) is 0 Å². The number of nitrogens with one attached hydrogen (secondary N) is 2. The largest absolute Gasteiger partial charge is 0.324 e. The van der Waals surface area contributed by atoms with Gasteiger partial charge in [0.05, 0.1) is 0 Å². The summed E-state index contributed by atoms with van der Waals surface area (Å²) in [5.41, 5.74) is 6.72. The van der Waals surface area contributed by atoms with Crippen molar-refractivity contribution in [2.24, 2.45) is 4.99 Å². The van der Waals surface area contributed by atoms with Gasteiger partial charge in [0.2, 0.25) is 5.95 Å². The van der Waals surface area contributed by atoms with E-state index in [9.17, 15) is 0 Å². The predicted octanol–water partition coefficient (Wildman–Crippen LogP) is 4.21. The molecule has 26 heavy (non-hydrogen) atoms. The number of aryl methyl sites for hydroxylation is 2. The van der Waals surface area contributed by atoms with Gasteiger partial charge in [0.1, 0.15) is 10.7 Å². The molecule has 3 rings (SSSR count). The van der Waals surface area contributed by atoms with Gasteiger partial charge in [-0.05, 0) is 62.2 Å². The summed E-state index contributed by atoms with van der Waals surface area (Å²) < 4.78 is 0. The third kappa shape index (κ3) is 4.71. The molecule has 6 heteroatoms. The van der Waals surface area contributed by atoms with Crippen molar-refractivity contribution in [3.05, 3.63) is 58.6 Å². The molecule has 1 aromatic heterocycles. The van der Waals surface area contributed by atoms with Gasteiger partial charge in [-0.3, -0.25) is 0 Å². The maximum atomic E-state index is 4.76. The summed E-state index contributed by atoms with van der Waals surface area (Å²) in [6.45, 7) is 10.2. The Hall–Kier alpha value is -2.18. The number of anilines is 2. The minimum Gasteiger partial charge on any atom is -0.324 e. The Labute approximate surface area is 159 Å². The molecule has 2 N–H and O–H groups in total. The fraction of sp³-hybridized carbons (Fsp3) is 0.350. The van der Waals surface area contributed by atoms with Crippen LogP contribution in [-0.2, 0) is 0 Å². The van der Waals surface area contributed by atoms with Crippen molar-refractivity contribution in [2.75, 3.05) is 24.2 Å². The van der Waals surface area contributed by atoms with E-state index in [1.165, 1.54) is 16.7 Å². The number of hydrogen-bond acceptors (Lipinski definition) is 6. The number of hydrogen-bond donors (Lipinski definition) is 2. The first-order valence-corrected chi connectivity index (χ1v) is 9.83. The maximum Gasteiger partial charge on any atom is 0.227 e. The number of nitrogens with zero attached hydrogens (tertiary/aromatic N) is 3. The van der Waals surface area contributed by atoms with Crippen molar-refractivity contribution in [3.63, 3.8) is 0 Å². The molecular weight excluding hydrogens is 342 g/mol. The Morgan fingerprint density at radius 3 is 2.58 bits per heavy atom. The molecule has 2 aromatic rings. The summed E-state index contributed by atoms with van der Waals surface area (Å²) in [6.07, 6.45) is 1.78. The maximum absolute atomic E-state index is 4.76. The van der Waals surface area contributed by atoms with Gasteiger partial charge in [0.25, 0.3) is 0 Å². The molecule has 0 saturated carbocycles.